The minimum atomic E-state index is -0.748. The van der Waals surface area contributed by atoms with Crippen LogP contribution in [0.2, 0.25) is 0 Å². The Morgan fingerprint density at radius 1 is 1.25 bits per heavy atom. The molecule has 7 heteroatoms. The van der Waals surface area contributed by atoms with Crippen molar-refractivity contribution in [2.45, 2.75) is 52.7 Å². The molecule has 2 atom stereocenters. The predicted molar refractivity (Wildman–Crippen MR) is 110 cm³/mol. The van der Waals surface area contributed by atoms with Crippen molar-refractivity contribution >= 4 is 29.1 Å². The normalized spacial score (nSPS) is 13.9. The van der Waals surface area contributed by atoms with E-state index in [1.165, 1.54) is 0 Å². The number of rotatable bonds is 6. The van der Waals surface area contributed by atoms with Crippen molar-refractivity contribution in [2.24, 2.45) is 11.0 Å². The Morgan fingerprint density at radius 3 is 2.64 bits per heavy atom. The van der Waals surface area contributed by atoms with Crippen LogP contribution in [0.4, 0.5) is 4.79 Å². The molecule has 0 saturated heterocycles. The number of alkyl carbamates (subject to hydrolysis) is 1. The molecule has 0 fully saturated rings. The zero-order valence-corrected chi connectivity index (χ0v) is 17.0. The summed E-state index contributed by atoms with van der Waals surface area (Å²) in [6.45, 7) is 9.15. The standard InChI is InChI=1S/C21H28N4O3/c1-6-14(2)17(24-20(27)28-21(3,4)5)19(26)25-23-13-16-10-7-9-15-11-8-12-22-18(15)16/h7-14,17H,6H2,1-5H3,(H,24,27)(H,25,26)/b23-13-/t14-,17-/m0/s1. The fourth-order valence-corrected chi connectivity index (χ4v) is 2.60. The number of nitrogens with one attached hydrogen (secondary N) is 2. The number of benzene rings is 1. The van der Waals surface area contributed by atoms with Crippen molar-refractivity contribution in [3.05, 3.63) is 42.1 Å². The van der Waals surface area contributed by atoms with E-state index in [1.54, 1.807) is 33.2 Å². The fourth-order valence-electron chi connectivity index (χ4n) is 2.60. The molecule has 1 aromatic heterocycles. The van der Waals surface area contributed by atoms with Crippen LogP contribution in [0.25, 0.3) is 10.9 Å². The lowest BCUT2D eigenvalue weighted by Gasteiger charge is -2.25. The SMILES string of the molecule is CC[C@H](C)[C@H](NC(=O)OC(C)(C)C)C(=O)N/N=C\c1cccc2cccnc12. The van der Waals surface area contributed by atoms with Gasteiger partial charge in [-0.15, -0.1) is 0 Å². The maximum atomic E-state index is 12.6. The smallest absolute Gasteiger partial charge is 0.408 e. The van der Waals surface area contributed by atoms with Gasteiger partial charge in [-0.3, -0.25) is 9.78 Å². The number of ether oxygens (including phenoxy) is 1. The summed E-state index contributed by atoms with van der Waals surface area (Å²) in [6, 6.07) is 8.81. The highest BCUT2D eigenvalue weighted by Crippen LogP contribution is 2.14. The topological polar surface area (TPSA) is 92.7 Å². The predicted octanol–water partition coefficient (Wildman–Crippen LogP) is 3.62. The van der Waals surface area contributed by atoms with Gasteiger partial charge >= 0.3 is 6.09 Å². The number of aromatic nitrogens is 1. The maximum Gasteiger partial charge on any atom is 0.408 e. The molecule has 2 aromatic rings. The van der Waals surface area contributed by atoms with Gasteiger partial charge in [-0.05, 0) is 32.8 Å². The minimum absolute atomic E-state index is 0.0815. The van der Waals surface area contributed by atoms with E-state index in [0.717, 1.165) is 16.5 Å². The van der Waals surface area contributed by atoms with E-state index in [4.69, 9.17) is 4.74 Å². The Hall–Kier alpha value is -2.96. The summed E-state index contributed by atoms with van der Waals surface area (Å²) >= 11 is 0. The second kappa shape index (κ2) is 9.30. The third-order valence-electron chi connectivity index (χ3n) is 4.21. The molecule has 0 aliphatic rings. The zero-order valence-electron chi connectivity index (χ0n) is 17.0. The number of hydrogen-bond acceptors (Lipinski definition) is 5. The number of hydrazone groups is 1. The fraction of sp³-hybridized carbons (Fsp3) is 0.429. The summed E-state index contributed by atoms with van der Waals surface area (Å²) in [5.74, 6) is -0.480. The van der Waals surface area contributed by atoms with Gasteiger partial charge in [0.2, 0.25) is 0 Å². The van der Waals surface area contributed by atoms with Gasteiger partial charge in [0.1, 0.15) is 11.6 Å². The molecule has 2 rings (SSSR count). The maximum absolute atomic E-state index is 12.6. The summed E-state index contributed by atoms with van der Waals surface area (Å²) in [5, 5.41) is 7.69. The first-order valence-electron chi connectivity index (χ1n) is 9.37. The lowest BCUT2D eigenvalue weighted by Crippen LogP contribution is -2.50. The number of nitrogens with zero attached hydrogens (tertiary/aromatic N) is 2. The third-order valence-corrected chi connectivity index (χ3v) is 4.21. The molecule has 0 radical (unpaired) electrons. The molecule has 0 aliphatic heterocycles. The number of amides is 2. The first kappa shape index (κ1) is 21.3. The molecule has 150 valence electrons. The van der Waals surface area contributed by atoms with E-state index in [9.17, 15) is 9.59 Å². The van der Waals surface area contributed by atoms with Crippen LogP contribution in [-0.4, -0.2) is 34.8 Å². The molecule has 1 heterocycles. The van der Waals surface area contributed by atoms with Crippen LogP contribution < -0.4 is 10.7 Å². The summed E-state index contributed by atoms with van der Waals surface area (Å²) in [4.78, 5) is 29.0. The molecule has 0 saturated carbocycles. The van der Waals surface area contributed by atoms with Crippen LogP contribution in [0.5, 0.6) is 0 Å². The largest absolute Gasteiger partial charge is 0.444 e. The number of carbonyl (C=O) groups excluding carboxylic acids is 2. The average Bonchev–Trinajstić information content (AvgIpc) is 2.64. The molecule has 0 spiro atoms. The summed E-state index contributed by atoms with van der Waals surface area (Å²) in [7, 11) is 0. The van der Waals surface area contributed by atoms with E-state index in [-0.39, 0.29) is 5.92 Å². The number of carbonyl (C=O) groups is 2. The first-order valence-corrected chi connectivity index (χ1v) is 9.37. The van der Waals surface area contributed by atoms with Gasteiger partial charge in [-0.2, -0.15) is 5.10 Å². The second-order valence-electron chi connectivity index (χ2n) is 7.67. The molecular weight excluding hydrogens is 356 g/mol. The highest BCUT2D eigenvalue weighted by Gasteiger charge is 2.28. The van der Waals surface area contributed by atoms with Gasteiger partial charge in [0, 0.05) is 17.1 Å². The van der Waals surface area contributed by atoms with Gasteiger partial charge in [0.05, 0.1) is 11.7 Å². The summed E-state index contributed by atoms with van der Waals surface area (Å²) < 4.78 is 5.26. The number of para-hydroxylation sites is 1. The van der Waals surface area contributed by atoms with Crippen LogP contribution in [-0.2, 0) is 9.53 Å². The van der Waals surface area contributed by atoms with E-state index in [0.29, 0.717) is 6.42 Å². The second-order valence-corrected chi connectivity index (χ2v) is 7.67. The van der Waals surface area contributed by atoms with Crippen LogP contribution in [0.15, 0.2) is 41.6 Å². The number of pyridine rings is 1. The highest BCUT2D eigenvalue weighted by atomic mass is 16.6. The Labute approximate surface area is 165 Å². The lowest BCUT2D eigenvalue weighted by atomic mass is 9.99. The third kappa shape index (κ3) is 6.04. The van der Waals surface area contributed by atoms with Crippen molar-refractivity contribution < 1.29 is 14.3 Å². The molecule has 0 bridgehead atoms. The van der Waals surface area contributed by atoms with Crippen LogP contribution >= 0.6 is 0 Å². The summed E-state index contributed by atoms with van der Waals surface area (Å²) in [6.07, 6.45) is 3.34. The Morgan fingerprint density at radius 2 is 1.96 bits per heavy atom. The quantitative estimate of drug-likeness (QED) is 0.588. The first-order chi connectivity index (χ1) is 13.2. The molecule has 2 amide bonds. The van der Waals surface area contributed by atoms with Crippen molar-refractivity contribution in [1.82, 2.24) is 15.7 Å². The molecule has 0 unspecified atom stereocenters. The van der Waals surface area contributed by atoms with Gasteiger partial charge in [-0.25, -0.2) is 10.2 Å². The van der Waals surface area contributed by atoms with E-state index in [2.05, 4.69) is 20.8 Å². The van der Waals surface area contributed by atoms with Crippen molar-refractivity contribution in [1.29, 1.82) is 0 Å². The van der Waals surface area contributed by atoms with Crippen LogP contribution in [0.3, 0.4) is 0 Å². The Bertz CT molecular complexity index is 853. The summed E-state index contributed by atoms with van der Waals surface area (Å²) in [5.41, 5.74) is 3.46. The molecular formula is C21H28N4O3. The highest BCUT2D eigenvalue weighted by molar-refractivity contribution is 5.97. The Balaban J connectivity index is 2.08. The minimum Gasteiger partial charge on any atom is -0.444 e. The molecule has 2 N–H and O–H groups in total. The molecule has 7 nitrogen and oxygen atoms in total. The molecule has 1 aromatic carbocycles. The van der Waals surface area contributed by atoms with Crippen molar-refractivity contribution in [3.63, 3.8) is 0 Å². The van der Waals surface area contributed by atoms with Crippen molar-refractivity contribution in [2.75, 3.05) is 0 Å². The van der Waals surface area contributed by atoms with Gasteiger partial charge < -0.3 is 10.1 Å². The van der Waals surface area contributed by atoms with E-state index in [1.807, 2.05) is 44.2 Å². The van der Waals surface area contributed by atoms with Crippen LogP contribution in [0.1, 0.15) is 46.6 Å². The lowest BCUT2D eigenvalue weighted by molar-refractivity contribution is -0.124. The van der Waals surface area contributed by atoms with E-state index < -0.39 is 23.6 Å². The van der Waals surface area contributed by atoms with E-state index >= 15 is 0 Å². The van der Waals surface area contributed by atoms with Crippen molar-refractivity contribution in [3.8, 4) is 0 Å². The zero-order chi connectivity index (χ0) is 20.7. The van der Waals surface area contributed by atoms with Gasteiger partial charge in [-0.1, -0.05) is 44.5 Å². The number of fused-ring (bicyclic) bond motifs is 1. The van der Waals surface area contributed by atoms with Gasteiger partial charge in [0.25, 0.3) is 5.91 Å². The average molecular weight is 384 g/mol. The monoisotopic (exact) mass is 384 g/mol. The van der Waals surface area contributed by atoms with Crippen LogP contribution in [0, 0.1) is 5.92 Å². The Kier molecular flexibility index (Phi) is 7.09. The molecule has 28 heavy (non-hydrogen) atoms. The number of hydrogen-bond donors (Lipinski definition) is 2. The molecule has 0 aliphatic carbocycles. The van der Waals surface area contributed by atoms with Gasteiger partial charge in [0.15, 0.2) is 0 Å².